The van der Waals surface area contributed by atoms with Gasteiger partial charge in [0.2, 0.25) is 0 Å². The van der Waals surface area contributed by atoms with Crippen LogP contribution >= 0.6 is 22.6 Å². The molecule has 0 amide bonds. The Balaban J connectivity index is 2.83. The Morgan fingerprint density at radius 3 is 2.37 bits per heavy atom. The molecule has 3 atom stereocenters. The molecule has 19 heavy (non-hydrogen) atoms. The monoisotopic (exact) mass is 392 g/mol. The van der Waals surface area contributed by atoms with Crippen LogP contribution in [0.2, 0.25) is 0 Å². The highest BCUT2D eigenvalue weighted by atomic mass is 127. The first-order valence-corrected chi connectivity index (χ1v) is 6.98. The van der Waals surface area contributed by atoms with Crippen LogP contribution in [0, 0.1) is 0 Å². The summed E-state index contributed by atoms with van der Waals surface area (Å²) in [7, 11) is 0. The number of hydrogen-bond acceptors (Lipinski definition) is 3. The summed E-state index contributed by atoms with van der Waals surface area (Å²) in [4.78, 5) is 11.5. The SMILES string of the molecule is C=C(C)C(=O)OC1(C)CCC(O)(C(F)(F)F)C(I)C1. The fourth-order valence-corrected chi connectivity index (χ4v) is 3.58. The van der Waals surface area contributed by atoms with Gasteiger partial charge >= 0.3 is 12.1 Å². The molecule has 0 saturated heterocycles. The highest BCUT2D eigenvalue weighted by Crippen LogP contribution is 2.48. The molecule has 0 heterocycles. The predicted molar refractivity (Wildman–Crippen MR) is 72.0 cm³/mol. The second kappa shape index (κ2) is 5.23. The Kier molecular flexibility index (Phi) is 4.61. The fraction of sp³-hybridized carbons (Fsp3) is 0.750. The van der Waals surface area contributed by atoms with Crippen LogP contribution in [-0.2, 0) is 9.53 Å². The lowest BCUT2D eigenvalue weighted by Gasteiger charge is -2.45. The molecule has 110 valence electrons. The number of halogens is 4. The molecular weight excluding hydrogens is 376 g/mol. The lowest BCUT2D eigenvalue weighted by molar-refractivity contribution is -0.273. The van der Waals surface area contributed by atoms with Crippen LogP contribution in [0.4, 0.5) is 13.2 Å². The second-order valence-electron chi connectivity index (χ2n) is 5.21. The van der Waals surface area contributed by atoms with Gasteiger partial charge in [0, 0.05) is 12.0 Å². The number of carbonyl (C=O) groups is 1. The van der Waals surface area contributed by atoms with Gasteiger partial charge in [-0.3, -0.25) is 0 Å². The molecule has 1 N–H and O–H groups in total. The van der Waals surface area contributed by atoms with E-state index in [-0.39, 0.29) is 18.4 Å². The standard InChI is InChI=1S/C12H16F3IO3/c1-7(2)9(17)19-10(3)4-5-11(18,8(16)6-10)12(13,14)15/h8,18H,1,4-6H2,2-3H3. The zero-order valence-electron chi connectivity index (χ0n) is 10.7. The molecule has 1 fully saturated rings. The van der Waals surface area contributed by atoms with Gasteiger partial charge in [-0.25, -0.2) is 4.79 Å². The van der Waals surface area contributed by atoms with E-state index in [1.165, 1.54) is 6.92 Å². The van der Waals surface area contributed by atoms with Crippen LogP contribution in [0.25, 0.3) is 0 Å². The van der Waals surface area contributed by atoms with Gasteiger partial charge in [0.25, 0.3) is 0 Å². The van der Waals surface area contributed by atoms with E-state index < -0.39 is 33.7 Å². The molecule has 0 aromatic rings. The Morgan fingerprint density at radius 1 is 1.47 bits per heavy atom. The summed E-state index contributed by atoms with van der Waals surface area (Å²) in [5.74, 6) is -0.622. The average molecular weight is 392 g/mol. The number of esters is 1. The normalized spacial score (nSPS) is 35.8. The molecule has 1 aliphatic carbocycles. The molecule has 1 saturated carbocycles. The van der Waals surface area contributed by atoms with Gasteiger partial charge in [0.1, 0.15) is 5.60 Å². The smallest absolute Gasteiger partial charge is 0.418 e. The molecule has 0 bridgehead atoms. The van der Waals surface area contributed by atoms with Gasteiger partial charge < -0.3 is 9.84 Å². The third kappa shape index (κ3) is 3.42. The van der Waals surface area contributed by atoms with Gasteiger partial charge in [-0.05, 0) is 26.7 Å². The van der Waals surface area contributed by atoms with E-state index in [1.54, 1.807) is 29.5 Å². The van der Waals surface area contributed by atoms with Gasteiger partial charge in [0.05, 0.1) is 3.92 Å². The van der Waals surface area contributed by atoms with E-state index >= 15 is 0 Å². The van der Waals surface area contributed by atoms with E-state index in [1.807, 2.05) is 0 Å². The molecule has 0 aromatic heterocycles. The van der Waals surface area contributed by atoms with Crippen molar-refractivity contribution in [1.29, 1.82) is 0 Å². The molecule has 7 heteroatoms. The molecule has 1 rings (SSSR count). The number of ether oxygens (including phenoxy) is 1. The molecular formula is C12H16F3IO3. The van der Waals surface area contributed by atoms with Gasteiger partial charge in [-0.1, -0.05) is 29.2 Å². The third-order valence-electron chi connectivity index (χ3n) is 3.34. The van der Waals surface area contributed by atoms with Crippen LogP contribution in [0.1, 0.15) is 33.1 Å². The van der Waals surface area contributed by atoms with E-state index in [2.05, 4.69) is 6.58 Å². The summed E-state index contributed by atoms with van der Waals surface area (Å²) in [6.07, 6.45) is -5.26. The Bertz CT molecular complexity index is 396. The molecule has 0 aromatic carbocycles. The van der Waals surface area contributed by atoms with Crippen LogP contribution in [-0.4, -0.2) is 32.4 Å². The van der Waals surface area contributed by atoms with E-state index in [9.17, 15) is 23.1 Å². The number of alkyl halides is 4. The van der Waals surface area contributed by atoms with Crippen LogP contribution in [0.15, 0.2) is 12.2 Å². The number of aliphatic hydroxyl groups is 1. The Labute approximate surface area is 123 Å². The molecule has 0 spiro atoms. The first kappa shape index (κ1) is 16.7. The topological polar surface area (TPSA) is 46.5 Å². The van der Waals surface area contributed by atoms with Crippen molar-refractivity contribution in [3.05, 3.63) is 12.2 Å². The van der Waals surface area contributed by atoms with Crippen molar-refractivity contribution in [3.8, 4) is 0 Å². The molecule has 0 aliphatic heterocycles. The molecule has 1 aliphatic rings. The summed E-state index contributed by atoms with van der Waals surface area (Å²) < 4.78 is 42.7. The van der Waals surface area contributed by atoms with Crippen molar-refractivity contribution in [2.24, 2.45) is 0 Å². The Morgan fingerprint density at radius 2 is 2.00 bits per heavy atom. The van der Waals surface area contributed by atoms with Gasteiger partial charge in [0.15, 0.2) is 5.60 Å². The van der Waals surface area contributed by atoms with Crippen molar-refractivity contribution in [3.63, 3.8) is 0 Å². The maximum absolute atomic E-state index is 12.8. The molecule has 3 nitrogen and oxygen atoms in total. The molecule has 0 radical (unpaired) electrons. The van der Waals surface area contributed by atoms with Crippen molar-refractivity contribution < 1.29 is 27.8 Å². The minimum Gasteiger partial charge on any atom is -0.456 e. The zero-order valence-corrected chi connectivity index (χ0v) is 12.8. The quantitative estimate of drug-likeness (QED) is 0.340. The lowest BCUT2D eigenvalue weighted by Crippen LogP contribution is -2.58. The van der Waals surface area contributed by atoms with Gasteiger partial charge in [-0.2, -0.15) is 13.2 Å². The van der Waals surface area contributed by atoms with Crippen molar-refractivity contribution >= 4 is 28.6 Å². The third-order valence-corrected chi connectivity index (χ3v) is 4.81. The first-order valence-electron chi connectivity index (χ1n) is 5.73. The van der Waals surface area contributed by atoms with Gasteiger partial charge in [-0.15, -0.1) is 0 Å². The lowest BCUT2D eigenvalue weighted by atomic mass is 9.76. The van der Waals surface area contributed by atoms with Crippen LogP contribution in [0.3, 0.4) is 0 Å². The highest BCUT2D eigenvalue weighted by Gasteiger charge is 2.61. The Hall–Kier alpha value is -0.310. The summed E-state index contributed by atoms with van der Waals surface area (Å²) in [6, 6.07) is 0. The maximum Gasteiger partial charge on any atom is 0.418 e. The van der Waals surface area contributed by atoms with Crippen molar-refractivity contribution in [1.82, 2.24) is 0 Å². The minimum atomic E-state index is -4.68. The highest BCUT2D eigenvalue weighted by molar-refractivity contribution is 14.1. The van der Waals surface area contributed by atoms with Crippen LogP contribution in [0.5, 0.6) is 0 Å². The zero-order chi connectivity index (χ0) is 15.1. The minimum absolute atomic E-state index is 0.0401. The fourth-order valence-electron chi connectivity index (χ4n) is 1.98. The second-order valence-corrected chi connectivity index (χ2v) is 6.72. The number of hydrogen-bond donors (Lipinski definition) is 1. The number of rotatable bonds is 2. The van der Waals surface area contributed by atoms with Crippen molar-refractivity contribution in [2.75, 3.05) is 0 Å². The number of carbonyl (C=O) groups excluding carboxylic acids is 1. The van der Waals surface area contributed by atoms with E-state index in [0.717, 1.165) is 0 Å². The molecule has 3 unspecified atom stereocenters. The summed E-state index contributed by atoms with van der Waals surface area (Å²) in [6.45, 7) is 6.49. The average Bonchev–Trinajstić information content (AvgIpc) is 2.22. The van der Waals surface area contributed by atoms with E-state index in [0.29, 0.717) is 0 Å². The predicted octanol–water partition coefficient (Wildman–Crippen LogP) is 3.15. The maximum atomic E-state index is 12.8. The summed E-state index contributed by atoms with van der Waals surface area (Å²) in [5, 5.41) is 9.76. The van der Waals surface area contributed by atoms with Crippen LogP contribution < -0.4 is 0 Å². The van der Waals surface area contributed by atoms with E-state index in [4.69, 9.17) is 4.74 Å². The van der Waals surface area contributed by atoms with Crippen molar-refractivity contribution in [2.45, 2.75) is 54.4 Å². The first-order chi connectivity index (χ1) is 8.41. The summed E-state index contributed by atoms with van der Waals surface area (Å²) >= 11 is 1.57. The largest absolute Gasteiger partial charge is 0.456 e. The summed E-state index contributed by atoms with van der Waals surface area (Å²) in [5.41, 5.74) is -3.52.